The molecule has 0 saturated heterocycles. The molecule has 0 amide bonds. The molecule has 19 heavy (non-hydrogen) atoms. The lowest BCUT2D eigenvalue weighted by Gasteiger charge is -2.06. The molecule has 1 aromatic heterocycles. The Hall–Kier alpha value is -1.27. The lowest BCUT2D eigenvalue weighted by Crippen LogP contribution is -1.94. The lowest BCUT2D eigenvalue weighted by atomic mass is 10.1. The van der Waals surface area contributed by atoms with Crippen molar-refractivity contribution in [3.63, 3.8) is 0 Å². The predicted molar refractivity (Wildman–Crippen MR) is 70.1 cm³/mol. The molecule has 1 aliphatic carbocycles. The molecule has 3 rings (SSSR count). The van der Waals surface area contributed by atoms with E-state index < -0.39 is 5.82 Å². The van der Waals surface area contributed by atoms with Crippen LogP contribution in [0.5, 0.6) is 0 Å². The van der Waals surface area contributed by atoms with Crippen LogP contribution in [-0.4, -0.2) is 17.3 Å². The zero-order valence-electron chi connectivity index (χ0n) is 10.3. The maximum Gasteiger partial charge on any atom is 0.250 e. The van der Waals surface area contributed by atoms with Gasteiger partial charge in [-0.05, 0) is 30.5 Å². The Labute approximate surface area is 118 Å². The molecule has 100 valence electrons. The number of hydrogen-bond donors (Lipinski definition) is 0. The highest BCUT2D eigenvalue weighted by Gasteiger charge is 2.30. The molecule has 6 heteroatoms. The van der Waals surface area contributed by atoms with Gasteiger partial charge in [-0.15, -0.1) is 10.2 Å². The van der Waals surface area contributed by atoms with Gasteiger partial charge in [0.2, 0.25) is 5.89 Å². The summed E-state index contributed by atoms with van der Waals surface area (Å²) in [6.45, 7) is 0.386. The molecule has 4 nitrogen and oxygen atoms in total. The molecule has 0 N–H and O–H groups in total. The second-order valence-electron chi connectivity index (χ2n) is 4.58. The summed E-state index contributed by atoms with van der Waals surface area (Å²) < 4.78 is 25.3. The minimum atomic E-state index is -0.391. The van der Waals surface area contributed by atoms with Gasteiger partial charge in [0, 0.05) is 17.5 Å². The number of nitrogens with zero attached hydrogens (tertiary/aromatic N) is 2. The van der Waals surface area contributed by atoms with Gasteiger partial charge in [-0.3, -0.25) is 0 Å². The zero-order valence-corrected chi connectivity index (χ0v) is 11.9. The van der Waals surface area contributed by atoms with E-state index in [1.54, 1.807) is 13.2 Å². The van der Waals surface area contributed by atoms with Gasteiger partial charge in [0.05, 0.1) is 12.2 Å². The highest BCUT2D eigenvalue weighted by Crippen LogP contribution is 2.40. The number of benzene rings is 1. The first-order chi connectivity index (χ1) is 9.19. The summed E-state index contributed by atoms with van der Waals surface area (Å²) >= 11 is 3.31. The first-order valence-corrected chi connectivity index (χ1v) is 6.79. The maximum atomic E-state index is 14.0. The van der Waals surface area contributed by atoms with Crippen molar-refractivity contribution in [3.8, 4) is 11.5 Å². The Morgan fingerprint density at radius 3 is 2.89 bits per heavy atom. The minimum absolute atomic E-state index is 0.226. The van der Waals surface area contributed by atoms with Crippen LogP contribution in [0.2, 0.25) is 0 Å². The standard InChI is InChI=1S/C13H12BrFN2O2/c1-18-6-8-4-9(11(15)5-10(8)14)13-17-16-12(19-13)7-2-3-7/h4-5,7H,2-3,6H2,1H3. The number of aromatic nitrogens is 2. The molecule has 0 aliphatic heterocycles. The second-order valence-corrected chi connectivity index (χ2v) is 5.43. The van der Waals surface area contributed by atoms with Gasteiger partial charge >= 0.3 is 0 Å². The smallest absolute Gasteiger partial charge is 0.250 e. The van der Waals surface area contributed by atoms with E-state index in [-0.39, 0.29) is 5.89 Å². The third kappa shape index (κ3) is 2.55. The largest absolute Gasteiger partial charge is 0.420 e. The fourth-order valence-electron chi connectivity index (χ4n) is 1.86. The van der Waals surface area contributed by atoms with E-state index in [0.29, 0.717) is 28.5 Å². The first-order valence-electron chi connectivity index (χ1n) is 5.99. The van der Waals surface area contributed by atoms with E-state index in [1.165, 1.54) is 6.07 Å². The van der Waals surface area contributed by atoms with Crippen LogP contribution in [0.3, 0.4) is 0 Å². The van der Waals surface area contributed by atoms with Crippen LogP contribution in [0.4, 0.5) is 4.39 Å². The number of methoxy groups -OCH3 is 1. The van der Waals surface area contributed by atoms with Crippen molar-refractivity contribution < 1.29 is 13.5 Å². The van der Waals surface area contributed by atoms with Crippen LogP contribution in [0, 0.1) is 5.82 Å². The molecular formula is C13H12BrFN2O2. The summed E-state index contributed by atoms with van der Waals surface area (Å²) in [4.78, 5) is 0. The Bertz CT molecular complexity index is 611. The molecule has 0 atom stereocenters. The van der Waals surface area contributed by atoms with Crippen molar-refractivity contribution in [1.82, 2.24) is 10.2 Å². The average molecular weight is 327 g/mol. The van der Waals surface area contributed by atoms with E-state index >= 15 is 0 Å². The van der Waals surface area contributed by atoms with E-state index in [4.69, 9.17) is 9.15 Å². The van der Waals surface area contributed by atoms with Gasteiger partial charge in [0.25, 0.3) is 5.89 Å². The van der Waals surface area contributed by atoms with Gasteiger partial charge < -0.3 is 9.15 Å². The summed E-state index contributed by atoms with van der Waals surface area (Å²) in [7, 11) is 1.59. The van der Waals surface area contributed by atoms with Crippen molar-refractivity contribution in [3.05, 3.63) is 33.9 Å². The zero-order chi connectivity index (χ0) is 13.4. The maximum absolute atomic E-state index is 14.0. The van der Waals surface area contributed by atoms with E-state index in [1.807, 2.05) is 0 Å². The molecule has 1 aromatic carbocycles. The van der Waals surface area contributed by atoms with Crippen LogP contribution in [-0.2, 0) is 11.3 Å². The van der Waals surface area contributed by atoms with Crippen molar-refractivity contribution in [2.24, 2.45) is 0 Å². The van der Waals surface area contributed by atoms with Crippen LogP contribution in [0.1, 0.15) is 30.2 Å². The van der Waals surface area contributed by atoms with Crippen LogP contribution in [0.15, 0.2) is 21.0 Å². The van der Waals surface area contributed by atoms with Crippen LogP contribution >= 0.6 is 15.9 Å². The van der Waals surface area contributed by atoms with E-state index in [0.717, 1.165) is 18.4 Å². The lowest BCUT2D eigenvalue weighted by molar-refractivity contribution is 0.184. The molecule has 0 radical (unpaired) electrons. The SMILES string of the molecule is COCc1cc(-c2nnc(C3CC3)o2)c(F)cc1Br. The fraction of sp³-hybridized carbons (Fsp3) is 0.385. The van der Waals surface area contributed by atoms with Gasteiger partial charge in [0.1, 0.15) is 5.82 Å². The summed E-state index contributed by atoms with van der Waals surface area (Å²) in [5.41, 5.74) is 1.15. The van der Waals surface area contributed by atoms with Crippen molar-refractivity contribution in [2.45, 2.75) is 25.4 Å². The monoisotopic (exact) mass is 326 g/mol. The molecule has 1 fully saturated rings. The topological polar surface area (TPSA) is 48.2 Å². The Morgan fingerprint density at radius 1 is 1.42 bits per heavy atom. The van der Waals surface area contributed by atoms with E-state index in [9.17, 15) is 4.39 Å². The third-order valence-electron chi connectivity index (χ3n) is 3.03. The molecule has 0 spiro atoms. The quantitative estimate of drug-likeness (QED) is 0.860. The number of hydrogen-bond acceptors (Lipinski definition) is 4. The summed E-state index contributed by atoms with van der Waals surface area (Å²) in [5, 5.41) is 7.89. The summed E-state index contributed by atoms with van der Waals surface area (Å²) in [6.07, 6.45) is 2.14. The minimum Gasteiger partial charge on any atom is -0.420 e. The summed E-state index contributed by atoms with van der Waals surface area (Å²) in [5.74, 6) is 0.797. The van der Waals surface area contributed by atoms with Crippen LogP contribution in [0.25, 0.3) is 11.5 Å². The first kappa shape index (κ1) is 12.7. The van der Waals surface area contributed by atoms with Crippen molar-refractivity contribution in [2.75, 3.05) is 7.11 Å². The Morgan fingerprint density at radius 2 is 2.21 bits per heavy atom. The number of halogens is 2. The van der Waals surface area contributed by atoms with Gasteiger partial charge in [0.15, 0.2) is 0 Å². The number of ether oxygens (including phenoxy) is 1. The fourth-order valence-corrected chi connectivity index (χ4v) is 2.29. The predicted octanol–water partition coefficient (Wildman–Crippen LogP) is 3.66. The molecule has 1 saturated carbocycles. The normalized spacial score (nSPS) is 14.9. The summed E-state index contributed by atoms with van der Waals surface area (Å²) in [6, 6.07) is 3.07. The highest BCUT2D eigenvalue weighted by atomic mass is 79.9. The van der Waals surface area contributed by atoms with Crippen molar-refractivity contribution in [1.29, 1.82) is 0 Å². The van der Waals surface area contributed by atoms with Crippen molar-refractivity contribution >= 4 is 15.9 Å². The Kier molecular flexibility index (Phi) is 3.36. The number of rotatable bonds is 4. The highest BCUT2D eigenvalue weighted by molar-refractivity contribution is 9.10. The van der Waals surface area contributed by atoms with Gasteiger partial charge in [-0.2, -0.15) is 0 Å². The van der Waals surface area contributed by atoms with Crippen LogP contribution < -0.4 is 0 Å². The molecule has 0 bridgehead atoms. The second kappa shape index (κ2) is 5.02. The Balaban J connectivity index is 1.99. The van der Waals surface area contributed by atoms with Gasteiger partial charge in [-0.25, -0.2) is 4.39 Å². The molecule has 0 unspecified atom stereocenters. The third-order valence-corrected chi connectivity index (χ3v) is 3.77. The van der Waals surface area contributed by atoms with Gasteiger partial charge in [-0.1, -0.05) is 15.9 Å². The molecule has 1 aliphatic rings. The molecule has 1 heterocycles. The molecular weight excluding hydrogens is 315 g/mol. The molecule has 2 aromatic rings. The average Bonchev–Trinajstić information content (AvgIpc) is 3.12. The van der Waals surface area contributed by atoms with E-state index in [2.05, 4.69) is 26.1 Å².